The first-order valence-electron chi connectivity index (χ1n) is 7.70. The van der Waals surface area contributed by atoms with Crippen LogP contribution in [-0.2, 0) is 6.61 Å². The number of nitrogens with one attached hydrogen (secondary N) is 1. The molecule has 5 heteroatoms. The third-order valence-corrected chi connectivity index (χ3v) is 4.50. The highest BCUT2D eigenvalue weighted by Gasteiger charge is 2.34. The van der Waals surface area contributed by atoms with Crippen LogP contribution in [0.25, 0.3) is 0 Å². The molecule has 2 aromatic rings. The Hall–Kier alpha value is -1.72. The van der Waals surface area contributed by atoms with Crippen molar-refractivity contribution >= 4 is 21.8 Å². The van der Waals surface area contributed by atoms with Gasteiger partial charge in [-0.15, -0.1) is 0 Å². The van der Waals surface area contributed by atoms with Crippen LogP contribution in [-0.4, -0.2) is 16.0 Å². The summed E-state index contributed by atoms with van der Waals surface area (Å²) in [5, 5.41) is 12.4. The van der Waals surface area contributed by atoms with Gasteiger partial charge in [0.05, 0.1) is 18.3 Å². The van der Waals surface area contributed by atoms with Crippen LogP contribution >= 0.6 is 15.9 Å². The van der Waals surface area contributed by atoms with Crippen LogP contribution in [0.15, 0.2) is 41.0 Å². The van der Waals surface area contributed by atoms with Crippen molar-refractivity contribution in [3.05, 3.63) is 63.4 Å². The highest BCUT2D eigenvalue weighted by molar-refractivity contribution is 9.10. The summed E-state index contributed by atoms with van der Waals surface area (Å²) in [6.07, 6.45) is 4.01. The summed E-state index contributed by atoms with van der Waals surface area (Å²) in [7, 11) is 0. The molecule has 1 aromatic carbocycles. The lowest BCUT2D eigenvalue weighted by molar-refractivity contribution is 0.0930. The third kappa shape index (κ3) is 3.98. The molecule has 1 amide bonds. The number of nitrogens with zero attached hydrogens (tertiary/aromatic N) is 1. The van der Waals surface area contributed by atoms with E-state index >= 15 is 0 Å². The lowest BCUT2D eigenvalue weighted by Crippen LogP contribution is -2.30. The van der Waals surface area contributed by atoms with Gasteiger partial charge in [-0.2, -0.15) is 0 Å². The Bertz CT molecular complexity index is 729. The van der Waals surface area contributed by atoms with E-state index in [2.05, 4.69) is 26.2 Å². The fourth-order valence-corrected chi connectivity index (χ4v) is 3.23. The van der Waals surface area contributed by atoms with Gasteiger partial charge in [-0.1, -0.05) is 15.9 Å². The predicted octanol–water partition coefficient (Wildman–Crippen LogP) is 3.53. The van der Waals surface area contributed by atoms with Gasteiger partial charge in [-0.25, -0.2) is 0 Å². The maximum absolute atomic E-state index is 12.6. The van der Waals surface area contributed by atoms with Gasteiger partial charge in [0.15, 0.2) is 0 Å². The van der Waals surface area contributed by atoms with Gasteiger partial charge in [-0.05, 0) is 67.1 Å². The van der Waals surface area contributed by atoms with Crippen LogP contribution in [0.5, 0.6) is 0 Å². The number of aryl methyl sites for hydroxylation is 1. The molecule has 0 aliphatic heterocycles. The van der Waals surface area contributed by atoms with Gasteiger partial charge in [0, 0.05) is 16.2 Å². The summed E-state index contributed by atoms with van der Waals surface area (Å²) in [5.74, 6) is 0.318. The van der Waals surface area contributed by atoms with Gasteiger partial charge in [0.1, 0.15) is 0 Å². The van der Waals surface area contributed by atoms with Crippen LogP contribution in [0.4, 0.5) is 0 Å². The van der Waals surface area contributed by atoms with E-state index < -0.39 is 0 Å². The standard InChI is InChI=1S/C18H19BrN2O2/c1-11-4-5-20-16(6-11)17(13-2-3-13)21-18(23)14-7-12(10-22)8-15(19)9-14/h4-9,13,17,22H,2-3,10H2,1H3,(H,21,23). The minimum Gasteiger partial charge on any atom is -0.392 e. The van der Waals surface area contributed by atoms with Crippen molar-refractivity contribution in [1.29, 1.82) is 0 Å². The van der Waals surface area contributed by atoms with Crippen LogP contribution in [0, 0.1) is 12.8 Å². The first-order valence-corrected chi connectivity index (χ1v) is 8.50. The molecule has 1 aliphatic rings. The Morgan fingerprint density at radius 2 is 2.17 bits per heavy atom. The molecular formula is C18H19BrN2O2. The molecule has 2 N–H and O–H groups in total. The number of aliphatic hydroxyl groups excluding tert-OH is 1. The highest BCUT2D eigenvalue weighted by atomic mass is 79.9. The summed E-state index contributed by atoms with van der Waals surface area (Å²) in [6.45, 7) is 1.93. The average molecular weight is 375 g/mol. The molecule has 0 spiro atoms. The molecule has 1 aliphatic carbocycles. The monoisotopic (exact) mass is 374 g/mol. The lowest BCUT2D eigenvalue weighted by atomic mass is 10.0. The smallest absolute Gasteiger partial charge is 0.251 e. The van der Waals surface area contributed by atoms with Gasteiger partial charge in [0.2, 0.25) is 0 Å². The fraction of sp³-hybridized carbons (Fsp3) is 0.333. The van der Waals surface area contributed by atoms with E-state index in [0.717, 1.165) is 28.6 Å². The average Bonchev–Trinajstić information content (AvgIpc) is 3.36. The summed E-state index contributed by atoms with van der Waals surface area (Å²) < 4.78 is 0.783. The van der Waals surface area contributed by atoms with Crippen LogP contribution in [0.2, 0.25) is 0 Å². The van der Waals surface area contributed by atoms with Crippen molar-refractivity contribution in [2.45, 2.75) is 32.4 Å². The van der Waals surface area contributed by atoms with E-state index in [1.54, 1.807) is 24.4 Å². The highest BCUT2D eigenvalue weighted by Crippen LogP contribution is 2.40. The molecule has 1 saturated carbocycles. The second-order valence-corrected chi connectivity index (χ2v) is 6.97. The van der Waals surface area contributed by atoms with Gasteiger partial charge in [0.25, 0.3) is 5.91 Å². The van der Waals surface area contributed by atoms with Crippen molar-refractivity contribution < 1.29 is 9.90 Å². The summed E-state index contributed by atoms with van der Waals surface area (Å²) >= 11 is 3.38. The number of aromatic nitrogens is 1. The molecule has 3 rings (SSSR count). The predicted molar refractivity (Wildman–Crippen MR) is 92.0 cm³/mol. The Kier molecular flexibility index (Phi) is 4.78. The van der Waals surface area contributed by atoms with Gasteiger partial charge in [-0.3, -0.25) is 9.78 Å². The second-order valence-electron chi connectivity index (χ2n) is 6.05. The SMILES string of the molecule is Cc1ccnc(C(NC(=O)c2cc(Br)cc(CO)c2)C2CC2)c1. The molecule has 1 fully saturated rings. The van der Waals surface area contributed by atoms with Crippen LogP contribution in [0.1, 0.15) is 46.1 Å². The number of pyridine rings is 1. The van der Waals surface area contributed by atoms with Crippen LogP contribution in [0.3, 0.4) is 0 Å². The molecule has 120 valence electrons. The van der Waals surface area contributed by atoms with Crippen molar-refractivity contribution in [2.75, 3.05) is 0 Å². The van der Waals surface area contributed by atoms with Gasteiger partial charge < -0.3 is 10.4 Å². The molecule has 0 radical (unpaired) electrons. The number of hydrogen-bond acceptors (Lipinski definition) is 3. The van der Waals surface area contributed by atoms with E-state index in [0.29, 0.717) is 17.0 Å². The number of hydrogen-bond donors (Lipinski definition) is 2. The Morgan fingerprint density at radius 1 is 1.39 bits per heavy atom. The number of rotatable bonds is 5. The molecule has 1 aromatic heterocycles. The molecule has 1 atom stereocenters. The zero-order chi connectivity index (χ0) is 16.4. The molecule has 0 bridgehead atoms. The summed E-state index contributed by atoms with van der Waals surface area (Å²) in [6, 6.07) is 9.21. The topological polar surface area (TPSA) is 62.2 Å². The zero-order valence-electron chi connectivity index (χ0n) is 12.9. The van der Waals surface area contributed by atoms with Crippen molar-refractivity contribution in [1.82, 2.24) is 10.3 Å². The Morgan fingerprint density at radius 3 is 2.83 bits per heavy atom. The molecule has 1 heterocycles. The number of halogens is 1. The van der Waals surface area contributed by atoms with Crippen molar-refractivity contribution in [3.8, 4) is 0 Å². The van der Waals surface area contributed by atoms with Crippen molar-refractivity contribution in [3.63, 3.8) is 0 Å². The minimum absolute atomic E-state index is 0.0565. The maximum Gasteiger partial charge on any atom is 0.251 e. The second kappa shape index (κ2) is 6.81. The molecule has 0 saturated heterocycles. The molecular weight excluding hydrogens is 356 g/mol. The lowest BCUT2D eigenvalue weighted by Gasteiger charge is -2.18. The Balaban J connectivity index is 1.83. The molecule has 4 nitrogen and oxygen atoms in total. The van der Waals surface area contributed by atoms with Crippen molar-refractivity contribution in [2.24, 2.45) is 5.92 Å². The number of aliphatic hydroxyl groups is 1. The summed E-state index contributed by atoms with van der Waals surface area (Å²) in [5.41, 5.74) is 3.31. The maximum atomic E-state index is 12.6. The third-order valence-electron chi connectivity index (χ3n) is 4.04. The van der Waals surface area contributed by atoms with E-state index in [1.165, 1.54) is 0 Å². The fourth-order valence-electron chi connectivity index (χ4n) is 2.69. The zero-order valence-corrected chi connectivity index (χ0v) is 14.5. The van der Waals surface area contributed by atoms with Crippen LogP contribution < -0.4 is 5.32 Å². The van der Waals surface area contributed by atoms with E-state index in [-0.39, 0.29) is 18.6 Å². The number of carbonyl (C=O) groups is 1. The largest absolute Gasteiger partial charge is 0.392 e. The summed E-state index contributed by atoms with van der Waals surface area (Å²) in [4.78, 5) is 17.1. The van der Waals surface area contributed by atoms with E-state index in [1.807, 2.05) is 19.1 Å². The van der Waals surface area contributed by atoms with Gasteiger partial charge >= 0.3 is 0 Å². The first-order chi connectivity index (χ1) is 11.1. The Labute approximate surface area is 144 Å². The first kappa shape index (κ1) is 16.1. The number of carbonyl (C=O) groups excluding carboxylic acids is 1. The molecule has 1 unspecified atom stereocenters. The van der Waals surface area contributed by atoms with E-state index in [9.17, 15) is 9.90 Å². The number of amides is 1. The molecule has 23 heavy (non-hydrogen) atoms. The van der Waals surface area contributed by atoms with E-state index in [4.69, 9.17) is 0 Å². The number of benzene rings is 1. The minimum atomic E-state index is -0.138. The normalized spacial score (nSPS) is 15.3. The quantitative estimate of drug-likeness (QED) is 0.841.